The number of nitrogens with two attached hydrogens (primary N) is 1. The highest BCUT2D eigenvalue weighted by molar-refractivity contribution is 6.36. The maximum Gasteiger partial charge on any atom is 0.319 e. The number of amides is 4. The van der Waals surface area contributed by atoms with Crippen LogP contribution in [-0.2, 0) is 22.6 Å². The molecule has 12 nitrogen and oxygen atoms in total. The number of pyridine rings is 1. The van der Waals surface area contributed by atoms with Crippen LogP contribution in [0.5, 0.6) is 0 Å². The second-order valence-corrected chi connectivity index (χ2v) is 13.6. The van der Waals surface area contributed by atoms with Gasteiger partial charge >= 0.3 is 6.03 Å². The van der Waals surface area contributed by atoms with E-state index in [4.69, 9.17) is 34.3 Å². The largest absolute Gasteiger partial charge is 0.380 e. The zero-order chi connectivity index (χ0) is 39.7. The monoisotopic (exact) mass is 795 g/mol. The third kappa shape index (κ3) is 13.9. The third-order valence-corrected chi connectivity index (χ3v) is 9.18. The van der Waals surface area contributed by atoms with Gasteiger partial charge in [0.25, 0.3) is 0 Å². The maximum absolute atomic E-state index is 12.8. The Balaban J connectivity index is 0.000000654. The van der Waals surface area contributed by atoms with Gasteiger partial charge in [-0.25, -0.2) is 13.6 Å². The molecule has 292 valence electrons. The number of likely N-dealkylation sites (tertiary alicyclic amines) is 1. The molecule has 5 rings (SSSR count). The van der Waals surface area contributed by atoms with Gasteiger partial charge < -0.3 is 37.7 Å². The van der Waals surface area contributed by atoms with Crippen molar-refractivity contribution in [2.45, 2.75) is 38.8 Å². The van der Waals surface area contributed by atoms with E-state index in [1.165, 1.54) is 6.07 Å². The van der Waals surface area contributed by atoms with E-state index in [1.807, 2.05) is 0 Å². The minimum Gasteiger partial charge on any atom is -0.380 e. The van der Waals surface area contributed by atoms with Gasteiger partial charge in [0.15, 0.2) is 11.6 Å². The normalized spacial score (nSPS) is 12.8. The molecule has 1 unspecified atom stereocenters. The summed E-state index contributed by atoms with van der Waals surface area (Å²) in [6.07, 6.45) is 5.69. The molecule has 55 heavy (non-hydrogen) atoms. The van der Waals surface area contributed by atoms with E-state index in [9.17, 15) is 23.2 Å². The molecule has 0 radical (unpaired) electrons. The number of aromatic nitrogens is 1. The van der Waals surface area contributed by atoms with Crippen LogP contribution in [-0.4, -0.2) is 78.8 Å². The molecule has 1 saturated heterocycles. The Morgan fingerprint density at radius 3 is 2.31 bits per heavy atom. The minimum absolute atomic E-state index is 0.241. The van der Waals surface area contributed by atoms with E-state index in [-0.39, 0.29) is 32.0 Å². The summed E-state index contributed by atoms with van der Waals surface area (Å²) in [7, 11) is 0. The van der Waals surface area contributed by atoms with Crippen LogP contribution in [0.2, 0.25) is 10.0 Å². The first-order valence-corrected chi connectivity index (χ1v) is 18.4. The lowest BCUT2D eigenvalue weighted by Gasteiger charge is -2.20. The predicted octanol–water partition coefficient (Wildman–Crippen LogP) is 5.66. The van der Waals surface area contributed by atoms with Crippen LogP contribution in [0.1, 0.15) is 35.1 Å². The summed E-state index contributed by atoms with van der Waals surface area (Å²) >= 11 is 12.8. The average Bonchev–Trinajstić information content (AvgIpc) is 3.68. The van der Waals surface area contributed by atoms with Gasteiger partial charge in [-0.2, -0.15) is 0 Å². The fraction of sp³-hybridized carbons (Fsp3) is 0.308. The Bertz CT molecular complexity index is 1910. The molecule has 4 aromatic rings. The molecule has 1 aliphatic heterocycles. The van der Waals surface area contributed by atoms with Crippen molar-refractivity contribution in [2.75, 3.05) is 49.9 Å². The molecule has 16 heteroatoms. The van der Waals surface area contributed by atoms with E-state index < -0.39 is 29.6 Å². The van der Waals surface area contributed by atoms with Crippen LogP contribution in [0.3, 0.4) is 0 Å². The second kappa shape index (κ2) is 21.7. The molecule has 2 heterocycles. The van der Waals surface area contributed by atoms with E-state index in [0.717, 1.165) is 49.2 Å². The highest BCUT2D eigenvalue weighted by Crippen LogP contribution is 2.28. The van der Waals surface area contributed by atoms with Gasteiger partial charge in [-0.3, -0.25) is 19.5 Å². The Kier molecular flexibility index (Phi) is 16.8. The quantitative estimate of drug-likeness (QED) is 0.0760. The number of anilines is 2. The Hall–Kier alpha value is -5.15. The molecule has 8 N–H and O–H groups in total. The summed E-state index contributed by atoms with van der Waals surface area (Å²) in [6, 6.07) is 16.3. The van der Waals surface area contributed by atoms with Crippen molar-refractivity contribution in [3.05, 3.63) is 123 Å². The lowest BCUT2D eigenvalue weighted by atomic mass is 10.1. The van der Waals surface area contributed by atoms with E-state index >= 15 is 0 Å². The van der Waals surface area contributed by atoms with Crippen LogP contribution in [0, 0.1) is 24.0 Å². The first-order valence-electron chi connectivity index (χ1n) is 17.7. The molecule has 3 aromatic carbocycles. The number of halogens is 4. The number of benzene rings is 3. The molecular formula is C39H45Cl2F2N9O3. The van der Waals surface area contributed by atoms with Crippen LogP contribution in [0.25, 0.3) is 0 Å². The SMILES string of the molecule is Cc1ccc(F)c(F)c1.N=C(CN1CCCC1)c1ccc(NC(=O)NCC(=O)NC(Cc2ccncc2)C(=O)NCCN)cc1NCc1c(Cl)cccc1Cl. The number of carbonyl (C=O) groups excluding carboxylic acids is 3. The molecule has 0 bridgehead atoms. The number of nitrogens with one attached hydrogen (secondary N) is 6. The summed E-state index contributed by atoms with van der Waals surface area (Å²) < 4.78 is 24.3. The highest BCUT2D eigenvalue weighted by atomic mass is 35.5. The van der Waals surface area contributed by atoms with Gasteiger partial charge in [-0.05, 0) is 98.6 Å². The Morgan fingerprint density at radius 2 is 1.65 bits per heavy atom. The zero-order valence-electron chi connectivity index (χ0n) is 30.4. The first-order chi connectivity index (χ1) is 26.4. The minimum atomic E-state index is -0.866. The molecular weight excluding hydrogens is 751 g/mol. The predicted molar refractivity (Wildman–Crippen MR) is 213 cm³/mol. The molecule has 0 aliphatic carbocycles. The third-order valence-electron chi connectivity index (χ3n) is 8.47. The summed E-state index contributed by atoms with van der Waals surface area (Å²) in [5.74, 6) is -2.49. The number of hydrogen-bond acceptors (Lipinski definition) is 8. The number of urea groups is 1. The topological polar surface area (TPSA) is 177 Å². The van der Waals surface area contributed by atoms with Crippen molar-refractivity contribution in [1.82, 2.24) is 25.8 Å². The molecule has 1 fully saturated rings. The van der Waals surface area contributed by atoms with Crippen molar-refractivity contribution < 1.29 is 23.2 Å². The number of rotatable bonds is 15. The molecule has 4 amide bonds. The smallest absolute Gasteiger partial charge is 0.319 e. The van der Waals surface area contributed by atoms with Crippen LogP contribution >= 0.6 is 23.2 Å². The molecule has 1 atom stereocenters. The van der Waals surface area contributed by atoms with Crippen molar-refractivity contribution >= 4 is 58.1 Å². The van der Waals surface area contributed by atoms with Crippen molar-refractivity contribution in [1.29, 1.82) is 5.41 Å². The van der Waals surface area contributed by atoms with Crippen molar-refractivity contribution in [3.63, 3.8) is 0 Å². The Morgan fingerprint density at radius 1 is 0.945 bits per heavy atom. The molecule has 1 aromatic heterocycles. The van der Waals surface area contributed by atoms with Crippen molar-refractivity contribution in [3.8, 4) is 0 Å². The zero-order valence-corrected chi connectivity index (χ0v) is 31.9. The van der Waals surface area contributed by atoms with Gasteiger partial charge in [0.05, 0.1) is 12.3 Å². The fourth-order valence-electron chi connectivity index (χ4n) is 5.63. The molecule has 0 saturated carbocycles. The molecule has 0 spiro atoms. The van der Waals surface area contributed by atoms with Gasteiger partial charge in [0.2, 0.25) is 11.8 Å². The average molecular weight is 797 g/mol. The summed E-state index contributed by atoms with van der Waals surface area (Å²) in [4.78, 5) is 44.4. The van der Waals surface area contributed by atoms with E-state index in [1.54, 1.807) is 67.8 Å². The summed E-state index contributed by atoms with van der Waals surface area (Å²) in [5.41, 5.74) is 9.96. The van der Waals surface area contributed by atoms with Gasteiger partial charge in [0, 0.05) is 77.5 Å². The Labute approximate surface area is 329 Å². The van der Waals surface area contributed by atoms with Crippen molar-refractivity contribution in [2.24, 2.45) is 5.73 Å². The summed E-state index contributed by atoms with van der Waals surface area (Å²) in [6.45, 7) is 4.59. The standard InChI is InChI=1S/C32H39Cl2N9O3.C7H6F2/c33-25-4-3-5-26(34)24(25)18-39-28-17-22(6-7-23(28)27(36)20-43-14-1-2-15-43)41-32(46)40-19-30(44)42-29(31(45)38-13-10-35)16-21-8-11-37-12-9-21;1-5-2-3-6(8)7(9)4-5/h3-9,11-12,17,29,36,39H,1-2,10,13-16,18-20,35H2,(H,38,45)(H,42,44)(H2,40,41,46);2-4H,1H3. The van der Waals surface area contributed by atoms with E-state index in [0.29, 0.717) is 51.3 Å². The van der Waals surface area contributed by atoms with Crippen LogP contribution in [0.4, 0.5) is 25.0 Å². The first kappa shape index (κ1) is 42.6. The number of nitrogens with zero attached hydrogens (tertiary/aromatic N) is 2. The number of aryl methyl sites for hydroxylation is 1. The lowest BCUT2D eigenvalue weighted by Crippen LogP contribution is -2.51. The highest BCUT2D eigenvalue weighted by Gasteiger charge is 2.22. The lowest BCUT2D eigenvalue weighted by molar-refractivity contribution is -0.128. The maximum atomic E-state index is 12.8. The van der Waals surface area contributed by atoms with Crippen LogP contribution < -0.4 is 32.3 Å². The van der Waals surface area contributed by atoms with Gasteiger partial charge in [-0.1, -0.05) is 35.3 Å². The number of hydrogen-bond donors (Lipinski definition) is 7. The number of carbonyl (C=O) groups is 3. The fourth-order valence-corrected chi connectivity index (χ4v) is 6.16. The molecule has 1 aliphatic rings. The van der Waals surface area contributed by atoms with Gasteiger partial charge in [-0.15, -0.1) is 0 Å². The van der Waals surface area contributed by atoms with Crippen LogP contribution in [0.15, 0.2) is 79.1 Å². The van der Waals surface area contributed by atoms with E-state index in [2.05, 4.69) is 36.5 Å². The van der Waals surface area contributed by atoms with Gasteiger partial charge in [0.1, 0.15) is 6.04 Å². The second-order valence-electron chi connectivity index (χ2n) is 12.8. The summed E-state index contributed by atoms with van der Waals surface area (Å²) in [5, 5.41) is 23.8.